The van der Waals surface area contributed by atoms with E-state index in [9.17, 15) is 19.5 Å². The lowest BCUT2D eigenvalue weighted by molar-refractivity contribution is -0.132. The van der Waals surface area contributed by atoms with Crippen molar-refractivity contribution < 1.29 is 33.7 Å². The number of hydrogen-bond acceptors (Lipinski definition) is 9. The molecular formula is C26H24N2O7S. The maximum atomic E-state index is 13.4. The fourth-order valence-corrected chi connectivity index (χ4v) is 4.98. The van der Waals surface area contributed by atoms with Gasteiger partial charge in [-0.05, 0) is 31.5 Å². The summed E-state index contributed by atoms with van der Waals surface area (Å²) in [6.07, 6.45) is 0. The Hall–Kier alpha value is -4.18. The number of anilines is 1. The second-order valence-electron chi connectivity index (χ2n) is 7.78. The number of aromatic nitrogens is 1. The Bertz CT molecular complexity index is 1360. The smallest absolute Gasteiger partial charge is 0.350 e. The predicted molar refractivity (Wildman–Crippen MR) is 134 cm³/mol. The number of esters is 1. The van der Waals surface area contributed by atoms with Gasteiger partial charge in [0, 0.05) is 5.56 Å². The quantitative estimate of drug-likeness (QED) is 0.218. The van der Waals surface area contributed by atoms with E-state index in [1.165, 1.54) is 19.1 Å². The van der Waals surface area contributed by atoms with Crippen molar-refractivity contribution in [2.24, 2.45) is 0 Å². The molecule has 9 nitrogen and oxygen atoms in total. The number of nitrogens with zero attached hydrogens (tertiary/aromatic N) is 2. The summed E-state index contributed by atoms with van der Waals surface area (Å²) in [5.41, 5.74) is 1.12. The number of carbonyl (C=O) groups is 3. The highest BCUT2D eigenvalue weighted by Crippen LogP contribution is 2.45. The summed E-state index contributed by atoms with van der Waals surface area (Å²) in [5.74, 6) is -1.81. The molecule has 2 aromatic carbocycles. The molecule has 36 heavy (non-hydrogen) atoms. The van der Waals surface area contributed by atoms with Gasteiger partial charge in [-0.25, -0.2) is 9.78 Å². The molecule has 1 saturated heterocycles. The van der Waals surface area contributed by atoms with E-state index < -0.39 is 23.7 Å². The lowest BCUT2D eigenvalue weighted by atomic mass is 9.95. The minimum absolute atomic E-state index is 0.107. The lowest BCUT2D eigenvalue weighted by Crippen LogP contribution is -2.29. The van der Waals surface area contributed by atoms with Gasteiger partial charge in [-0.2, -0.15) is 0 Å². The molecule has 10 heteroatoms. The van der Waals surface area contributed by atoms with Crippen LogP contribution in [0.2, 0.25) is 0 Å². The van der Waals surface area contributed by atoms with Crippen molar-refractivity contribution in [3.63, 3.8) is 0 Å². The highest BCUT2D eigenvalue weighted by Gasteiger charge is 2.48. The zero-order valence-electron chi connectivity index (χ0n) is 20.1. The van der Waals surface area contributed by atoms with Gasteiger partial charge in [0.05, 0.1) is 38.1 Å². The third-order valence-electron chi connectivity index (χ3n) is 5.67. The van der Waals surface area contributed by atoms with Gasteiger partial charge in [0.25, 0.3) is 5.78 Å². The van der Waals surface area contributed by atoms with Crippen LogP contribution in [0.15, 0.2) is 54.1 Å². The van der Waals surface area contributed by atoms with Crippen LogP contribution in [-0.2, 0) is 14.3 Å². The number of aryl methyl sites for hydroxylation is 1. The van der Waals surface area contributed by atoms with Gasteiger partial charge < -0.3 is 19.3 Å². The molecule has 2 heterocycles. The largest absolute Gasteiger partial charge is 0.507 e. The molecule has 0 spiro atoms. The summed E-state index contributed by atoms with van der Waals surface area (Å²) in [4.78, 5) is 44.9. The van der Waals surface area contributed by atoms with Crippen molar-refractivity contribution in [1.82, 2.24) is 4.98 Å². The SMILES string of the molecule is CCOC(=O)c1sc(N2C(=O)C(=O)/C(=C(/O)c3ccccc3)[C@@H]2c2ccc(OC)c(OC)c2)nc1C. The standard InChI is InChI=1S/C26H24N2O7S/c1-5-35-25(32)23-14(2)27-26(36-23)28-20(16-11-12-17(33-3)18(13-16)34-4)19(22(30)24(28)31)21(29)15-9-7-6-8-10-15/h6-13,20,29H,5H2,1-4H3/b21-19+/t20-/m0/s1. The first-order valence-corrected chi connectivity index (χ1v) is 11.9. The maximum Gasteiger partial charge on any atom is 0.350 e. The summed E-state index contributed by atoms with van der Waals surface area (Å²) in [6, 6.07) is 12.4. The lowest BCUT2D eigenvalue weighted by Gasteiger charge is -2.23. The van der Waals surface area contributed by atoms with E-state index in [1.54, 1.807) is 62.4 Å². The Morgan fingerprint density at radius 2 is 1.78 bits per heavy atom. The summed E-state index contributed by atoms with van der Waals surface area (Å²) < 4.78 is 15.8. The second kappa shape index (κ2) is 10.2. The first-order valence-electron chi connectivity index (χ1n) is 11.0. The van der Waals surface area contributed by atoms with Gasteiger partial charge in [0.15, 0.2) is 16.6 Å². The number of thiazole rings is 1. The molecule has 1 aromatic heterocycles. The number of aliphatic hydroxyl groups is 1. The fraction of sp³-hybridized carbons (Fsp3) is 0.231. The number of aliphatic hydroxyl groups excluding tert-OH is 1. The van der Waals surface area contributed by atoms with E-state index in [1.807, 2.05) is 0 Å². The van der Waals surface area contributed by atoms with Crippen molar-refractivity contribution in [3.05, 3.63) is 75.8 Å². The molecule has 0 aliphatic carbocycles. The van der Waals surface area contributed by atoms with Gasteiger partial charge >= 0.3 is 11.9 Å². The minimum Gasteiger partial charge on any atom is -0.507 e. The first-order chi connectivity index (χ1) is 17.3. The Kier molecular flexibility index (Phi) is 7.07. The van der Waals surface area contributed by atoms with E-state index >= 15 is 0 Å². The predicted octanol–water partition coefficient (Wildman–Crippen LogP) is 4.27. The monoisotopic (exact) mass is 508 g/mol. The summed E-state index contributed by atoms with van der Waals surface area (Å²) in [7, 11) is 2.96. The van der Waals surface area contributed by atoms with E-state index in [2.05, 4.69) is 4.98 Å². The van der Waals surface area contributed by atoms with Gasteiger partial charge in [0.1, 0.15) is 10.6 Å². The van der Waals surface area contributed by atoms with Gasteiger partial charge in [-0.3, -0.25) is 14.5 Å². The molecule has 3 aromatic rings. The van der Waals surface area contributed by atoms with Crippen molar-refractivity contribution in [3.8, 4) is 11.5 Å². The topological polar surface area (TPSA) is 115 Å². The molecule has 1 atom stereocenters. The van der Waals surface area contributed by atoms with E-state index in [4.69, 9.17) is 14.2 Å². The molecule has 4 rings (SSSR count). The highest BCUT2D eigenvalue weighted by atomic mass is 32.1. The van der Waals surface area contributed by atoms with E-state index in [-0.39, 0.29) is 27.9 Å². The second-order valence-corrected chi connectivity index (χ2v) is 8.76. The van der Waals surface area contributed by atoms with Crippen LogP contribution in [0.3, 0.4) is 0 Å². The molecule has 0 radical (unpaired) electrons. The van der Waals surface area contributed by atoms with Crippen molar-refractivity contribution in [1.29, 1.82) is 0 Å². The van der Waals surface area contributed by atoms with Crippen LogP contribution in [0.25, 0.3) is 5.76 Å². The first kappa shape index (κ1) is 24.9. The van der Waals surface area contributed by atoms with Crippen molar-refractivity contribution in [2.45, 2.75) is 19.9 Å². The molecular weight excluding hydrogens is 484 g/mol. The normalized spacial score (nSPS) is 16.8. The number of ketones is 1. The number of rotatable bonds is 7. The van der Waals surface area contributed by atoms with Crippen LogP contribution in [0, 0.1) is 6.92 Å². The Balaban J connectivity index is 1.94. The molecule has 1 fully saturated rings. The average molecular weight is 509 g/mol. The van der Waals surface area contributed by atoms with Crippen LogP contribution in [0.4, 0.5) is 5.13 Å². The highest BCUT2D eigenvalue weighted by molar-refractivity contribution is 7.17. The Morgan fingerprint density at radius 1 is 1.08 bits per heavy atom. The molecule has 1 aliphatic rings. The number of carbonyl (C=O) groups excluding carboxylic acids is 3. The fourth-order valence-electron chi connectivity index (χ4n) is 3.99. The van der Waals surface area contributed by atoms with Gasteiger partial charge in [0.2, 0.25) is 0 Å². The summed E-state index contributed by atoms with van der Waals surface area (Å²) in [6.45, 7) is 3.49. The van der Waals surface area contributed by atoms with E-state index in [0.29, 0.717) is 28.3 Å². The van der Waals surface area contributed by atoms with Crippen molar-refractivity contribution in [2.75, 3.05) is 25.7 Å². The number of ether oxygens (including phenoxy) is 3. The zero-order chi connectivity index (χ0) is 26.0. The van der Waals surface area contributed by atoms with Crippen LogP contribution in [-0.4, -0.2) is 48.6 Å². The van der Waals surface area contributed by atoms with Gasteiger partial charge in [-0.1, -0.05) is 47.7 Å². The van der Waals surface area contributed by atoms with Gasteiger partial charge in [-0.15, -0.1) is 0 Å². The molecule has 0 unspecified atom stereocenters. The van der Waals surface area contributed by atoms with Crippen molar-refractivity contribution >= 4 is 39.9 Å². The molecule has 1 amide bonds. The van der Waals surface area contributed by atoms with Crippen LogP contribution >= 0.6 is 11.3 Å². The molecule has 186 valence electrons. The van der Waals surface area contributed by atoms with E-state index in [0.717, 1.165) is 11.3 Å². The molecule has 1 N–H and O–H groups in total. The Labute approximate surface area is 211 Å². The zero-order valence-corrected chi connectivity index (χ0v) is 20.9. The number of amides is 1. The average Bonchev–Trinajstić information content (AvgIpc) is 3.40. The molecule has 0 saturated carbocycles. The molecule has 1 aliphatic heterocycles. The number of benzene rings is 2. The summed E-state index contributed by atoms with van der Waals surface area (Å²) in [5, 5.41) is 11.3. The number of methoxy groups -OCH3 is 2. The third-order valence-corrected chi connectivity index (χ3v) is 6.80. The minimum atomic E-state index is -1.04. The number of hydrogen-bond donors (Lipinski definition) is 1. The molecule has 0 bridgehead atoms. The number of Topliss-reactive ketones (excluding diaryl/α,β-unsaturated/α-hetero) is 1. The third kappa shape index (κ3) is 4.31. The van der Waals surface area contributed by atoms with Crippen LogP contribution in [0.1, 0.15) is 39.5 Å². The van der Waals surface area contributed by atoms with Crippen LogP contribution < -0.4 is 14.4 Å². The summed E-state index contributed by atoms with van der Waals surface area (Å²) >= 11 is 0.943. The Morgan fingerprint density at radius 3 is 2.42 bits per heavy atom. The maximum absolute atomic E-state index is 13.4. The van der Waals surface area contributed by atoms with Crippen LogP contribution in [0.5, 0.6) is 11.5 Å².